The second kappa shape index (κ2) is 3.85. The standard InChI is InChI=1S/C8H14O3/c1-8(4-2-3-5-9)10-6-7-11-8/h2-3,9H,4-7H2,1H3/b3-2+. The molecule has 0 atom stereocenters. The Morgan fingerprint density at radius 2 is 2.00 bits per heavy atom. The Morgan fingerprint density at radius 3 is 2.55 bits per heavy atom. The summed E-state index contributed by atoms with van der Waals surface area (Å²) >= 11 is 0. The third-order valence-corrected chi connectivity index (χ3v) is 1.66. The number of rotatable bonds is 3. The first-order valence-electron chi connectivity index (χ1n) is 3.81. The van der Waals surface area contributed by atoms with Crippen LogP contribution in [0.15, 0.2) is 12.2 Å². The molecule has 1 heterocycles. The predicted molar refractivity (Wildman–Crippen MR) is 41.2 cm³/mol. The molecule has 0 aliphatic carbocycles. The van der Waals surface area contributed by atoms with Gasteiger partial charge in [-0.1, -0.05) is 12.2 Å². The van der Waals surface area contributed by atoms with Crippen molar-refractivity contribution in [3.05, 3.63) is 12.2 Å². The molecule has 1 aliphatic rings. The van der Waals surface area contributed by atoms with Crippen LogP contribution in [0.5, 0.6) is 0 Å². The van der Waals surface area contributed by atoms with Crippen molar-refractivity contribution < 1.29 is 14.6 Å². The topological polar surface area (TPSA) is 38.7 Å². The molecule has 1 aliphatic heterocycles. The maximum Gasteiger partial charge on any atom is 0.169 e. The summed E-state index contributed by atoms with van der Waals surface area (Å²) < 4.78 is 10.7. The van der Waals surface area contributed by atoms with Crippen LogP contribution in [0.3, 0.4) is 0 Å². The van der Waals surface area contributed by atoms with Crippen molar-refractivity contribution in [2.45, 2.75) is 19.1 Å². The molecule has 0 radical (unpaired) electrons. The molecule has 0 unspecified atom stereocenters. The van der Waals surface area contributed by atoms with Gasteiger partial charge in [0.15, 0.2) is 5.79 Å². The van der Waals surface area contributed by atoms with E-state index in [0.717, 1.165) is 0 Å². The molecule has 1 N–H and O–H groups in total. The first-order chi connectivity index (χ1) is 5.27. The van der Waals surface area contributed by atoms with Gasteiger partial charge in [-0.3, -0.25) is 0 Å². The Labute approximate surface area is 66.6 Å². The lowest BCUT2D eigenvalue weighted by atomic mass is 10.2. The summed E-state index contributed by atoms with van der Waals surface area (Å²) in [6.07, 6.45) is 4.26. The van der Waals surface area contributed by atoms with Crippen molar-refractivity contribution in [3.63, 3.8) is 0 Å². The summed E-state index contributed by atoms with van der Waals surface area (Å²) in [6, 6.07) is 0. The van der Waals surface area contributed by atoms with E-state index in [1.54, 1.807) is 6.08 Å². The molecule has 0 bridgehead atoms. The van der Waals surface area contributed by atoms with Gasteiger partial charge in [0.2, 0.25) is 0 Å². The Balaban J connectivity index is 2.28. The quantitative estimate of drug-likeness (QED) is 0.614. The minimum absolute atomic E-state index is 0.0794. The number of aliphatic hydroxyl groups excluding tert-OH is 1. The van der Waals surface area contributed by atoms with E-state index in [0.29, 0.717) is 19.6 Å². The third-order valence-electron chi connectivity index (χ3n) is 1.66. The van der Waals surface area contributed by atoms with E-state index in [1.165, 1.54) is 0 Å². The lowest BCUT2D eigenvalue weighted by Gasteiger charge is -2.19. The maximum absolute atomic E-state index is 8.46. The number of hydrogen-bond donors (Lipinski definition) is 1. The van der Waals surface area contributed by atoms with Crippen molar-refractivity contribution in [1.82, 2.24) is 0 Å². The zero-order valence-corrected chi connectivity index (χ0v) is 6.75. The van der Waals surface area contributed by atoms with Gasteiger partial charge in [-0.15, -0.1) is 0 Å². The van der Waals surface area contributed by atoms with Crippen molar-refractivity contribution in [1.29, 1.82) is 0 Å². The first kappa shape index (κ1) is 8.71. The van der Waals surface area contributed by atoms with E-state index in [-0.39, 0.29) is 6.61 Å². The van der Waals surface area contributed by atoms with E-state index in [4.69, 9.17) is 14.6 Å². The summed E-state index contributed by atoms with van der Waals surface area (Å²) in [5.74, 6) is -0.453. The van der Waals surface area contributed by atoms with Gasteiger partial charge in [0.1, 0.15) is 0 Å². The molecule has 0 aromatic rings. The third kappa shape index (κ3) is 2.61. The monoisotopic (exact) mass is 158 g/mol. The Bertz CT molecular complexity index is 136. The van der Waals surface area contributed by atoms with Crippen LogP contribution < -0.4 is 0 Å². The molecule has 1 saturated heterocycles. The Kier molecular flexibility index (Phi) is 3.05. The summed E-state index contributed by atoms with van der Waals surface area (Å²) in [7, 11) is 0. The SMILES string of the molecule is CC1(C/C=C/CO)OCCO1. The van der Waals surface area contributed by atoms with E-state index in [2.05, 4.69) is 0 Å². The fourth-order valence-corrected chi connectivity index (χ4v) is 1.05. The molecule has 64 valence electrons. The minimum atomic E-state index is -0.453. The normalized spacial score (nSPS) is 23.1. The molecule has 0 aromatic carbocycles. The molecule has 0 saturated carbocycles. The smallest absolute Gasteiger partial charge is 0.169 e. The van der Waals surface area contributed by atoms with Gasteiger partial charge < -0.3 is 14.6 Å². The van der Waals surface area contributed by atoms with Crippen molar-refractivity contribution in [3.8, 4) is 0 Å². The number of aliphatic hydroxyl groups is 1. The van der Waals surface area contributed by atoms with Gasteiger partial charge in [-0.25, -0.2) is 0 Å². The van der Waals surface area contributed by atoms with E-state index in [9.17, 15) is 0 Å². The highest BCUT2D eigenvalue weighted by Crippen LogP contribution is 2.22. The first-order valence-corrected chi connectivity index (χ1v) is 3.81. The van der Waals surface area contributed by atoms with E-state index < -0.39 is 5.79 Å². The maximum atomic E-state index is 8.46. The van der Waals surface area contributed by atoms with Gasteiger partial charge in [-0.2, -0.15) is 0 Å². The molecule has 3 heteroatoms. The molecule has 0 spiro atoms. The number of ether oxygens (including phenoxy) is 2. The van der Waals surface area contributed by atoms with Crippen LogP contribution in [-0.4, -0.2) is 30.7 Å². The molecule has 1 fully saturated rings. The molecule has 3 nitrogen and oxygen atoms in total. The van der Waals surface area contributed by atoms with E-state index >= 15 is 0 Å². The summed E-state index contributed by atoms with van der Waals surface area (Å²) in [4.78, 5) is 0. The van der Waals surface area contributed by atoms with Crippen molar-refractivity contribution >= 4 is 0 Å². The Morgan fingerprint density at radius 1 is 1.36 bits per heavy atom. The second-order valence-electron chi connectivity index (χ2n) is 2.69. The lowest BCUT2D eigenvalue weighted by molar-refractivity contribution is -0.138. The molecule has 0 amide bonds. The van der Waals surface area contributed by atoms with Crippen molar-refractivity contribution in [2.75, 3.05) is 19.8 Å². The second-order valence-corrected chi connectivity index (χ2v) is 2.69. The highest BCUT2D eigenvalue weighted by Gasteiger charge is 2.28. The van der Waals surface area contributed by atoms with Crippen LogP contribution in [0.2, 0.25) is 0 Å². The van der Waals surface area contributed by atoms with Crippen LogP contribution in [0, 0.1) is 0 Å². The minimum Gasteiger partial charge on any atom is -0.392 e. The van der Waals surface area contributed by atoms with Gasteiger partial charge in [0.25, 0.3) is 0 Å². The largest absolute Gasteiger partial charge is 0.392 e. The van der Waals surface area contributed by atoms with Gasteiger partial charge >= 0.3 is 0 Å². The van der Waals surface area contributed by atoms with Gasteiger partial charge in [0, 0.05) is 6.42 Å². The summed E-state index contributed by atoms with van der Waals surface area (Å²) in [6.45, 7) is 3.32. The van der Waals surface area contributed by atoms with Gasteiger partial charge in [0.05, 0.1) is 19.8 Å². The average molecular weight is 158 g/mol. The van der Waals surface area contributed by atoms with E-state index in [1.807, 2.05) is 13.0 Å². The average Bonchev–Trinajstić information content (AvgIpc) is 2.38. The fourth-order valence-electron chi connectivity index (χ4n) is 1.05. The van der Waals surface area contributed by atoms with Crippen LogP contribution in [0.1, 0.15) is 13.3 Å². The molecule has 1 rings (SSSR count). The van der Waals surface area contributed by atoms with Crippen LogP contribution in [0.25, 0.3) is 0 Å². The Hall–Kier alpha value is -0.380. The molecular weight excluding hydrogens is 144 g/mol. The zero-order valence-electron chi connectivity index (χ0n) is 6.75. The fraction of sp³-hybridized carbons (Fsp3) is 0.750. The predicted octanol–water partition coefficient (Wildman–Crippen LogP) is 0.688. The van der Waals surface area contributed by atoms with Crippen LogP contribution in [0.4, 0.5) is 0 Å². The molecule has 0 aromatic heterocycles. The molecule has 11 heavy (non-hydrogen) atoms. The highest BCUT2D eigenvalue weighted by molar-refractivity contribution is 4.87. The molecular formula is C8H14O3. The lowest BCUT2D eigenvalue weighted by Crippen LogP contribution is -2.24. The van der Waals surface area contributed by atoms with Crippen LogP contribution in [-0.2, 0) is 9.47 Å². The summed E-state index contributed by atoms with van der Waals surface area (Å²) in [5, 5.41) is 8.46. The summed E-state index contributed by atoms with van der Waals surface area (Å²) in [5.41, 5.74) is 0. The van der Waals surface area contributed by atoms with Crippen LogP contribution >= 0.6 is 0 Å². The highest BCUT2D eigenvalue weighted by atomic mass is 16.7. The van der Waals surface area contributed by atoms with Crippen molar-refractivity contribution in [2.24, 2.45) is 0 Å². The zero-order chi connectivity index (χ0) is 8.16. The van der Waals surface area contributed by atoms with Gasteiger partial charge in [-0.05, 0) is 6.92 Å². The number of hydrogen-bond acceptors (Lipinski definition) is 3.